The van der Waals surface area contributed by atoms with Crippen molar-refractivity contribution < 1.29 is 33.5 Å². The minimum absolute atomic E-state index is 0.0615. The van der Waals surface area contributed by atoms with Crippen LogP contribution in [0, 0.1) is 0 Å². The van der Waals surface area contributed by atoms with Gasteiger partial charge in [-0.3, -0.25) is 19.3 Å². The molecule has 0 aliphatic carbocycles. The summed E-state index contributed by atoms with van der Waals surface area (Å²) in [5.74, 6) is -1.36. The van der Waals surface area contributed by atoms with Gasteiger partial charge in [-0.1, -0.05) is 59.4 Å². The van der Waals surface area contributed by atoms with Crippen molar-refractivity contribution in [2.45, 2.75) is 48.4 Å². The molecule has 5 rings (SSSR count). The molecule has 3 aromatic carbocycles. The van der Waals surface area contributed by atoms with E-state index in [1.54, 1.807) is 84.2 Å². The van der Waals surface area contributed by atoms with E-state index in [4.69, 9.17) is 9.57 Å². The van der Waals surface area contributed by atoms with Crippen LogP contribution >= 0.6 is 23.1 Å². The Labute approximate surface area is 304 Å². The minimum atomic E-state index is -0.790. The van der Waals surface area contributed by atoms with Crippen LogP contribution in [0.1, 0.15) is 79.4 Å². The highest BCUT2D eigenvalue weighted by Crippen LogP contribution is 2.34. The van der Waals surface area contributed by atoms with Gasteiger partial charge in [0.05, 0.1) is 25.3 Å². The second kappa shape index (κ2) is 17.9. The normalized spacial score (nSPS) is 13.6. The number of ketones is 3. The molecule has 1 saturated heterocycles. The Hall–Kier alpha value is -4.84. The molecule has 0 radical (unpaired) electrons. The standard InChI is InChI=1S/C39H37N3O7S2/c1-39(2,42-20-22-48-23-21-42)37(46)29-15-18-33(31(25-29)35(44)27-9-4-3-5-10-27)51-30-16-13-28(14-17-30)36(45)32(11-6-7-19-40-26-43)41-49-38(47)34-12-8-24-50-34/h3-5,8-10,12-18,24-25H,6-7,11,19-23H2,1-2H3/b41-32+. The molecule has 0 atom stereocenters. The van der Waals surface area contributed by atoms with Crippen molar-refractivity contribution in [1.82, 2.24) is 4.90 Å². The third kappa shape index (κ3) is 9.69. The van der Waals surface area contributed by atoms with E-state index in [1.807, 2.05) is 19.9 Å². The summed E-state index contributed by atoms with van der Waals surface area (Å²) < 4.78 is 5.49. The Balaban J connectivity index is 1.38. The third-order valence-corrected chi connectivity index (χ3v) is 10.4. The van der Waals surface area contributed by atoms with Crippen LogP contribution in [-0.2, 0) is 14.4 Å². The van der Waals surface area contributed by atoms with Crippen molar-refractivity contribution in [3.05, 3.63) is 117 Å². The molecule has 10 nitrogen and oxygen atoms in total. The number of benzene rings is 3. The van der Waals surface area contributed by atoms with Crippen molar-refractivity contribution in [2.24, 2.45) is 10.1 Å². The van der Waals surface area contributed by atoms with Gasteiger partial charge in [-0.25, -0.2) is 14.6 Å². The zero-order chi connectivity index (χ0) is 36.2. The molecule has 0 unspecified atom stereocenters. The maximum Gasteiger partial charge on any atom is 0.375 e. The Morgan fingerprint density at radius 1 is 0.902 bits per heavy atom. The summed E-state index contributed by atoms with van der Waals surface area (Å²) in [6, 6.07) is 24.3. The zero-order valence-corrected chi connectivity index (χ0v) is 30.0. The number of oxime groups is 1. The second-order valence-corrected chi connectivity index (χ2v) is 14.2. The second-order valence-electron chi connectivity index (χ2n) is 12.2. The first-order valence-electron chi connectivity index (χ1n) is 16.5. The molecule has 1 aliphatic rings. The lowest BCUT2D eigenvalue weighted by molar-refractivity contribution is -0.00430. The number of carbonyl (C=O) groups is 4. The molecular formula is C39H37N3O7S2. The van der Waals surface area contributed by atoms with Gasteiger partial charge in [0.1, 0.15) is 10.6 Å². The van der Waals surface area contributed by atoms with Crippen LogP contribution in [0.25, 0.3) is 0 Å². The molecule has 262 valence electrons. The molecule has 2 heterocycles. The van der Waals surface area contributed by atoms with Crippen molar-refractivity contribution in [2.75, 3.05) is 32.8 Å². The predicted octanol–water partition coefficient (Wildman–Crippen LogP) is 7.33. The van der Waals surface area contributed by atoms with Gasteiger partial charge in [0, 0.05) is 45.1 Å². The number of carbonyl (C=O) groups excluding carboxylic acids is 5. The Bertz CT molecular complexity index is 1930. The van der Waals surface area contributed by atoms with Gasteiger partial charge in [-0.15, -0.1) is 11.3 Å². The van der Waals surface area contributed by atoms with Crippen LogP contribution in [-0.4, -0.2) is 78.4 Å². The fourth-order valence-electron chi connectivity index (χ4n) is 5.54. The molecule has 1 fully saturated rings. The number of ether oxygens (including phenoxy) is 1. The molecule has 4 aromatic rings. The molecule has 0 N–H and O–H groups in total. The lowest BCUT2D eigenvalue weighted by Crippen LogP contribution is -2.54. The molecule has 0 amide bonds. The third-order valence-electron chi connectivity index (χ3n) is 8.45. The van der Waals surface area contributed by atoms with E-state index in [0.717, 1.165) is 4.90 Å². The van der Waals surface area contributed by atoms with E-state index in [0.29, 0.717) is 71.2 Å². The molecule has 0 saturated carbocycles. The monoisotopic (exact) mass is 723 g/mol. The number of hydrogen-bond acceptors (Lipinski definition) is 12. The first kappa shape index (κ1) is 37.4. The number of unbranched alkanes of at least 4 members (excludes halogenated alkanes) is 1. The van der Waals surface area contributed by atoms with Crippen LogP contribution in [0.2, 0.25) is 0 Å². The zero-order valence-electron chi connectivity index (χ0n) is 28.3. The summed E-state index contributed by atoms with van der Waals surface area (Å²) in [6.45, 7) is 6.47. The highest BCUT2D eigenvalue weighted by Gasteiger charge is 2.36. The van der Waals surface area contributed by atoms with Crippen molar-refractivity contribution in [3.8, 4) is 0 Å². The smallest absolute Gasteiger partial charge is 0.375 e. The number of isocyanates is 1. The molecule has 0 bridgehead atoms. The number of morpholine rings is 1. The van der Waals surface area contributed by atoms with E-state index in [1.165, 1.54) is 29.2 Å². The van der Waals surface area contributed by atoms with Crippen molar-refractivity contribution in [3.63, 3.8) is 0 Å². The number of nitrogens with zero attached hydrogens (tertiary/aromatic N) is 3. The summed E-state index contributed by atoms with van der Waals surface area (Å²) in [7, 11) is 0. The fraction of sp³-hybridized carbons (Fsp3) is 0.282. The molecular weight excluding hydrogens is 687 g/mol. The molecule has 1 aliphatic heterocycles. The maximum absolute atomic E-state index is 13.9. The largest absolute Gasteiger partial charge is 0.379 e. The number of Topliss-reactive ketones (excluding diaryl/α,β-unsaturated/α-hetero) is 2. The van der Waals surface area contributed by atoms with Gasteiger partial charge in [-0.05, 0) is 81.0 Å². The Morgan fingerprint density at radius 2 is 1.63 bits per heavy atom. The number of hydrogen-bond donors (Lipinski definition) is 0. The molecule has 0 spiro atoms. The number of rotatable bonds is 16. The summed E-state index contributed by atoms with van der Waals surface area (Å²) in [4.78, 5) is 76.6. The van der Waals surface area contributed by atoms with E-state index >= 15 is 0 Å². The van der Waals surface area contributed by atoms with E-state index < -0.39 is 17.3 Å². The first-order valence-corrected chi connectivity index (χ1v) is 18.2. The molecule has 1 aromatic heterocycles. The van der Waals surface area contributed by atoms with Crippen molar-refractivity contribution >= 4 is 58.2 Å². The van der Waals surface area contributed by atoms with Gasteiger partial charge in [0.25, 0.3) is 0 Å². The van der Waals surface area contributed by atoms with E-state index in [9.17, 15) is 24.0 Å². The molecule has 51 heavy (non-hydrogen) atoms. The summed E-state index contributed by atoms with van der Waals surface area (Å²) in [5, 5.41) is 5.67. The average Bonchev–Trinajstić information content (AvgIpc) is 3.72. The summed E-state index contributed by atoms with van der Waals surface area (Å²) in [5.41, 5.74) is 0.953. The van der Waals surface area contributed by atoms with Gasteiger partial charge >= 0.3 is 5.97 Å². The lowest BCUT2D eigenvalue weighted by Gasteiger charge is -2.39. The minimum Gasteiger partial charge on any atom is -0.379 e. The van der Waals surface area contributed by atoms with Gasteiger partial charge in [0.2, 0.25) is 11.9 Å². The quantitative estimate of drug-likeness (QED) is 0.0291. The van der Waals surface area contributed by atoms with Gasteiger partial charge in [-0.2, -0.15) is 0 Å². The number of thiophene rings is 1. The molecule has 12 heteroatoms. The van der Waals surface area contributed by atoms with Crippen LogP contribution < -0.4 is 0 Å². The maximum atomic E-state index is 13.9. The van der Waals surface area contributed by atoms with Gasteiger partial charge < -0.3 is 9.57 Å². The van der Waals surface area contributed by atoms with Crippen LogP contribution in [0.3, 0.4) is 0 Å². The van der Waals surface area contributed by atoms with Crippen LogP contribution in [0.5, 0.6) is 0 Å². The Morgan fingerprint density at radius 3 is 2.31 bits per heavy atom. The van der Waals surface area contributed by atoms with Gasteiger partial charge in [0.15, 0.2) is 11.6 Å². The number of aliphatic imine (C=N–C) groups is 1. The topological polar surface area (TPSA) is 132 Å². The van der Waals surface area contributed by atoms with E-state index in [2.05, 4.69) is 15.0 Å². The van der Waals surface area contributed by atoms with Crippen molar-refractivity contribution in [1.29, 1.82) is 0 Å². The van der Waals surface area contributed by atoms with Crippen LogP contribution in [0.15, 0.2) is 110 Å². The van der Waals surface area contributed by atoms with Crippen LogP contribution in [0.4, 0.5) is 0 Å². The highest BCUT2D eigenvalue weighted by molar-refractivity contribution is 7.99. The van der Waals surface area contributed by atoms with E-state index in [-0.39, 0.29) is 30.2 Å². The predicted molar refractivity (Wildman–Crippen MR) is 196 cm³/mol. The Kier molecular flexibility index (Phi) is 13.1. The fourth-order valence-corrected chi connectivity index (χ4v) is 7.05. The summed E-state index contributed by atoms with van der Waals surface area (Å²) >= 11 is 2.55. The highest BCUT2D eigenvalue weighted by atomic mass is 32.2. The first-order chi connectivity index (χ1) is 24.7. The lowest BCUT2D eigenvalue weighted by atomic mass is 9.89. The average molecular weight is 724 g/mol. The SMILES string of the molecule is CC(C)(C(=O)c1ccc(Sc2ccc(C(=O)/C(CCCCN=C=O)=N/OC(=O)c3cccs3)cc2)c(C(=O)c2ccccc2)c1)N1CCOCC1. The summed E-state index contributed by atoms with van der Waals surface area (Å²) in [6.07, 6.45) is 2.71.